The van der Waals surface area contributed by atoms with Gasteiger partial charge in [-0.3, -0.25) is 0 Å². The van der Waals surface area contributed by atoms with Gasteiger partial charge in [0.1, 0.15) is 0 Å². The quantitative estimate of drug-likeness (QED) is 0.539. The second-order valence-corrected chi connectivity index (χ2v) is 4.59. The van der Waals surface area contributed by atoms with Gasteiger partial charge in [0, 0.05) is 0 Å². The van der Waals surface area contributed by atoms with Gasteiger partial charge in [-0.05, 0) is 51.2 Å². The van der Waals surface area contributed by atoms with Crippen LogP contribution in [0.25, 0.3) is 0 Å². The van der Waals surface area contributed by atoms with E-state index < -0.39 is 18.9 Å². The van der Waals surface area contributed by atoms with E-state index in [9.17, 15) is 17.6 Å². The summed E-state index contributed by atoms with van der Waals surface area (Å²) in [4.78, 5) is 0. The Bertz CT molecular complexity index is 206. The highest BCUT2D eigenvalue weighted by Gasteiger charge is 2.39. The van der Waals surface area contributed by atoms with Crippen LogP contribution in [-0.4, -0.2) is 38.5 Å². The standard InChI is InChI=1S/C11H20F4N2/c12-10(13)11(14,15)8-17-6-2-4-9-3-1-5-16-7-9/h9-10,16-17H,1-8H2. The Kier molecular flexibility index (Phi) is 6.19. The van der Waals surface area contributed by atoms with E-state index in [4.69, 9.17) is 0 Å². The number of halogens is 4. The second kappa shape index (κ2) is 7.16. The van der Waals surface area contributed by atoms with Crippen molar-refractivity contribution in [2.75, 3.05) is 26.2 Å². The first-order valence-electron chi connectivity index (χ1n) is 6.10. The number of hydrogen-bond donors (Lipinski definition) is 2. The highest BCUT2D eigenvalue weighted by molar-refractivity contribution is 4.73. The third-order valence-electron chi connectivity index (χ3n) is 3.04. The van der Waals surface area contributed by atoms with Crippen molar-refractivity contribution in [2.24, 2.45) is 5.92 Å². The third-order valence-corrected chi connectivity index (χ3v) is 3.04. The molecule has 2 nitrogen and oxygen atoms in total. The minimum absolute atomic E-state index is 0.374. The lowest BCUT2D eigenvalue weighted by atomic mass is 9.95. The van der Waals surface area contributed by atoms with Crippen LogP contribution in [0.1, 0.15) is 25.7 Å². The van der Waals surface area contributed by atoms with E-state index in [0.29, 0.717) is 12.5 Å². The van der Waals surface area contributed by atoms with Crippen molar-refractivity contribution in [2.45, 2.75) is 38.0 Å². The van der Waals surface area contributed by atoms with Gasteiger partial charge in [-0.15, -0.1) is 0 Å². The fourth-order valence-electron chi connectivity index (χ4n) is 2.02. The lowest BCUT2D eigenvalue weighted by Crippen LogP contribution is -2.39. The first kappa shape index (κ1) is 14.7. The Morgan fingerprint density at radius 2 is 2.12 bits per heavy atom. The van der Waals surface area contributed by atoms with E-state index in [1.165, 1.54) is 6.42 Å². The molecule has 102 valence electrons. The van der Waals surface area contributed by atoms with Crippen LogP contribution in [0.2, 0.25) is 0 Å². The minimum Gasteiger partial charge on any atom is -0.316 e. The van der Waals surface area contributed by atoms with Gasteiger partial charge in [-0.1, -0.05) is 0 Å². The number of hydrogen-bond acceptors (Lipinski definition) is 2. The van der Waals surface area contributed by atoms with Gasteiger partial charge in [0.25, 0.3) is 0 Å². The Balaban J connectivity index is 2.00. The molecule has 1 unspecified atom stereocenters. The molecular formula is C11H20F4N2. The van der Waals surface area contributed by atoms with Crippen molar-refractivity contribution in [1.29, 1.82) is 0 Å². The smallest absolute Gasteiger partial charge is 0.316 e. The van der Waals surface area contributed by atoms with Gasteiger partial charge in [-0.25, -0.2) is 8.78 Å². The van der Waals surface area contributed by atoms with Crippen LogP contribution < -0.4 is 10.6 Å². The Labute approximate surface area is 99.1 Å². The molecule has 1 atom stereocenters. The van der Waals surface area contributed by atoms with Gasteiger partial charge >= 0.3 is 12.3 Å². The Hall–Kier alpha value is -0.360. The molecule has 2 N–H and O–H groups in total. The van der Waals surface area contributed by atoms with Gasteiger partial charge in [-0.2, -0.15) is 8.78 Å². The normalized spacial score (nSPS) is 22.1. The topological polar surface area (TPSA) is 24.1 Å². The van der Waals surface area contributed by atoms with Crippen LogP contribution in [-0.2, 0) is 0 Å². The van der Waals surface area contributed by atoms with Crippen molar-refractivity contribution >= 4 is 0 Å². The summed E-state index contributed by atoms with van der Waals surface area (Å²) in [7, 11) is 0. The van der Waals surface area contributed by atoms with Crippen LogP contribution in [0.4, 0.5) is 17.6 Å². The van der Waals surface area contributed by atoms with Gasteiger partial charge in [0.15, 0.2) is 0 Å². The molecule has 0 aliphatic carbocycles. The number of nitrogens with one attached hydrogen (secondary N) is 2. The van der Waals surface area contributed by atoms with Crippen LogP contribution in [0, 0.1) is 5.92 Å². The third kappa shape index (κ3) is 5.68. The summed E-state index contributed by atoms with van der Waals surface area (Å²) in [6.45, 7) is 1.47. The molecule has 1 rings (SSSR count). The summed E-state index contributed by atoms with van der Waals surface area (Å²) in [5.74, 6) is -3.31. The molecule has 1 aliphatic rings. The number of rotatable bonds is 7. The molecule has 0 saturated carbocycles. The number of alkyl halides is 4. The average molecular weight is 256 g/mol. The maximum absolute atomic E-state index is 12.5. The molecule has 0 spiro atoms. The number of piperidine rings is 1. The molecule has 0 amide bonds. The van der Waals surface area contributed by atoms with Gasteiger partial charge < -0.3 is 10.6 Å². The molecule has 0 bridgehead atoms. The molecule has 1 fully saturated rings. The van der Waals surface area contributed by atoms with E-state index in [0.717, 1.165) is 32.4 Å². The van der Waals surface area contributed by atoms with Gasteiger partial charge in [0.05, 0.1) is 6.54 Å². The van der Waals surface area contributed by atoms with Gasteiger partial charge in [0.2, 0.25) is 0 Å². The van der Waals surface area contributed by atoms with Crippen molar-refractivity contribution in [1.82, 2.24) is 10.6 Å². The average Bonchev–Trinajstić information content (AvgIpc) is 2.29. The first-order valence-corrected chi connectivity index (χ1v) is 6.10. The second-order valence-electron chi connectivity index (χ2n) is 4.59. The van der Waals surface area contributed by atoms with E-state index in [1.807, 2.05) is 0 Å². The summed E-state index contributed by atoms with van der Waals surface area (Å²) in [5, 5.41) is 5.67. The Morgan fingerprint density at radius 3 is 2.71 bits per heavy atom. The van der Waals surface area contributed by atoms with Crippen molar-refractivity contribution in [3.05, 3.63) is 0 Å². The van der Waals surface area contributed by atoms with Crippen molar-refractivity contribution < 1.29 is 17.6 Å². The van der Waals surface area contributed by atoms with E-state index in [2.05, 4.69) is 10.6 Å². The molecule has 1 aliphatic heterocycles. The monoisotopic (exact) mass is 256 g/mol. The zero-order valence-corrected chi connectivity index (χ0v) is 9.82. The lowest BCUT2D eigenvalue weighted by Gasteiger charge is -2.22. The summed E-state index contributed by atoms with van der Waals surface area (Å²) < 4.78 is 48.6. The highest BCUT2D eigenvalue weighted by atomic mass is 19.3. The van der Waals surface area contributed by atoms with Crippen LogP contribution >= 0.6 is 0 Å². The summed E-state index contributed by atoms with van der Waals surface area (Å²) in [5.41, 5.74) is 0. The molecular weight excluding hydrogens is 236 g/mol. The van der Waals surface area contributed by atoms with Crippen molar-refractivity contribution in [3.8, 4) is 0 Å². The van der Waals surface area contributed by atoms with Crippen LogP contribution in [0.15, 0.2) is 0 Å². The van der Waals surface area contributed by atoms with E-state index in [-0.39, 0.29) is 0 Å². The first-order chi connectivity index (χ1) is 8.02. The lowest BCUT2D eigenvalue weighted by molar-refractivity contribution is -0.125. The highest BCUT2D eigenvalue weighted by Crippen LogP contribution is 2.21. The summed E-state index contributed by atoms with van der Waals surface area (Å²) in [6, 6.07) is 0. The molecule has 0 aromatic heterocycles. The van der Waals surface area contributed by atoms with Crippen LogP contribution in [0.5, 0.6) is 0 Å². The predicted octanol–water partition coefficient (Wildman–Crippen LogP) is 2.26. The maximum Gasteiger partial charge on any atom is 0.319 e. The maximum atomic E-state index is 12.5. The zero-order chi connectivity index (χ0) is 12.7. The SMILES string of the molecule is FC(F)C(F)(F)CNCCCC1CCCNC1. The van der Waals surface area contributed by atoms with E-state index >= 15 is 0 Å². The predicted molar refractivity (Wildman–Crippen MR) is 58.6 cm³/mol. The minimum atomic E-state index is -3.91. The van der Waals surface area contributed by atoms with Crippen molar-refractivity contribution in [3.63, 3.8) is 0 Å². The Morgan fingerprint density at radius 1 is 1.35 bits per heavy atom. The fourth-order valence-corrected chi connectivity index (χ4v) is 2.02. The fraction of sp³-hybridized carbons (Fsp3) is 1.00. The van der Waals surface area contributed by atoms with E-state index in [1.54, 1.807) is 0 Å². The molecule has 0 radical (unpaired) electrons. The largest absolute Gasteiger partial charge is 0.319 e. The molecule has 0 aromatic carbocycles. The molecule has 17 heavy (non-hydrogen) atoms. The zero-order valence-electron chi connectivity index (χ0n) is 9.82. The molecule has 1 saturated heterocycles. The summed E-state index contributed by atoms with van der Waals surface area (Å²) in [6.07, 6.45) is 0.450. The summed E-state index contributed by atoms with van der Waals surface area (Å²) >= 11 is 0. The molecule has 6 heteroatoms. The molecule has 1 heterocycles. The molecule has 0 aromatic rings. The van der Waals surface area contributed by atoms with Crippen LogP contribution in [0.3, 0.4) is 0 Å².